The average molecular weight is 294 g/mol. The van der Waals surface area contributed by atoms with Crippen LogP contribution in [0.4, 0.5) is 0 Å². The number of amides is 1. The summed E-state index contributed by atoms with van der Waals surface area (Å²) in [4.78, 5) is 18.3. The highest BCUT2D eigenvalue weighted by Crippen LogP contribution is 2.11. The number of unbranched alkanes of at least 4 members (excludes halogenated alkanes) is 1. The highest BCUT2D eigenvalue weighted by molar-refractivity contribution is 5.90. The Morgan fingerprint density at radius 3 is 2.71 bits per heavy atom. The summed E-state index contributed by atoms with van der Waals surface area (Å²) in [6.45, 7) is 8.01. The van der Waals surface area contributed by atoms with Gasteiger partial charge in [0.2, 0.25) is 0 Å². The maximum atomic E-state index is 11.9. The number of hydrogen-bond acceptors (Lipinski definition) is 4. The molecule has 2 rings (SSSR count). The van der Waals surface area contributed by atoms with Crippen LogP contribution in [0, 0.1) is 0 Å². The van der Waals surface area contributed by atoms with Crippen LogP contribution in [0.15, 0.2) is 12.4 Å². The Morgan fingerprint density at radius 1 is 1.38 bits per heavy atom. The lowest BCUT2D eigenvalue weighted by molar-refractivity contribution is -0.0681. The SMILES string of the molecule is C[C@H]1CN(CCCCNC(=O)c2nccn2C)C[C@H](C)O1. The first-order valence-corrected chi connectivity index (χ1v) is 7.69. The fourth-order valence-electron chi connectivity index (χ4n) is 2.79. The van der Waals surface area contributed by atoms with E-state index in [1.165, 1.54) is 0 Å². The van der Waals surface area contributed by atoms with Crippen molar-refractivity contribution in [2.45, 2.75) is 38.9 Å². The normalized spacial score (nSPS) is 23.2. The number of morpholine rings is 1. The summed E-state index contributed by atoms with van der Waals surface area (Å²) in [6.07, 6.45) is 6.11. The molecule has 0 unspecified atom stereocenters. The summed E-state index contributed by atoms with van der Waals surface area (Å²) in [7, 11) is 1.82. The number of hydrogen-bond donors (Lipinski definition) is 1. The van der Waals surface area contributed by atoms with E-state index < -0.39 is 0 Å². The zero-order valence-corrected chi connectivity index (χ0v) is 13.2. The number of carbonyl (C=O) groups excluding carboxylic acids is 1. The highest BCUT2D eigenvalue weighted by atomic mass is 16.5. The molecule has 0 bridgehead atoms. The highest BCUT2D eigenvalue weighted by Gasteiger charge is 2.21. The van der Waals surface area contributed by atoms with Crippen molar-refractivity contribution >= 4 is 5.91 Å². The molecule has 1 aliphatic rings. The van der Waals surface area contributed by atoms with Crippen LogP contribution >= 0.6 is 0 Å². The van der Waals surface area contributed by atoms with Crippen LogP contribution in [0.1, 0.15) is 37.3 Å². The van der Waals surface area contributed by atoms with Gasteiger partial charge >= 0.3 is 0 Å². The molecule has 21 heavy (non-hydrogen) atoms. The van der Waals surface area contributed by atoms with Gasteiger partial charge in [0, 0.05) is 39.1 Å². The number of aryl methyl sites for hydroxylation is 1. The van der Waals surface area contributed by atoms with Gasteiger partial charge in [-0.05, 0) is 33.2 Å². The van der Waals surface area contributed by atoms with Gasteiger partial charge in [0.05, 0.1) is 12.2 Å². The molecule has 6 nitrogen and oxygen atoms in total. The lowest BCUT2D eigenvalue weighted by Crippen LogP contribution is -2.45. The third-order valence-electron chi connectivity index (χ3n) is 3.71. The van der Waals surface area contributed by atoms with Crippen LogP contribution in [0.3, 0.4) is 0 Å². The largest absolute Gasteiger partial charge is 0.373 e. The molecular weight excluding hydrogens is 268 g/mol. The van der Waals surface area contributed by atoms with Gasteiger partial charge in [0.25, 0.3) is 5.91 Å². The molecule has 1 N–H and O–H groups in total. The Balaban J connectivity index is 1.60. The minimum absolute atomic E-state index is 0.101. The maximum absolute atomic E-state index is 11.9. The summed E-state index contributed by atoms with van der Waals surface area (Å²) < 4.78 is 7.45. The summed E-state index contributed by atoms with van der Waals surface area (Å²) in [5.41, 5.74) is 0. The quantitative estimate of drug-likeness (QED) is 0.797. The van der Waals surface area contributed by atoms with E-state index in [1.54, 1.807) is 17.0 Å². The van der Waals surface area contributed by atoms with Crippen molar-refractivity contribution in [3.63, 3.8) is 0 Å². The van der Waals surface area contributed by atoms with Crippen molar-refractivity contribution in [1.82, 2.24) is 19.8 Å². The first kappa shape index (κ1) is 16.0. The number of rotatable bonds is 6. The Hall–Kier alpha value is -1.40. The molecule has 0 saturated carbocycles. The van der Waals surface area contributed by atoms with Gasteiger partial charge in [-0.3, -0.25) is 9.69 Å². The van der Waals surface area contributed by atoms with Crippen LogP contribution in [0.5, 0.6) is 0 Å². The van der Waals surface area contributed by atoms with Crippen molar-refractivity contribution in [3.05, 3.63) is 18.2 Å². The van der Waals surface area contributed by atoms with Crippen LogP contribution in [-0.4, -0.2) is 58.7 Å². The second-order valence-corrected chi connectivity index (χ2v) is 5.84. The molecule has 1 saturated heterocycles. The number of nitrogens with zero attached hydrogens (tertiary/aromatic N) is 3. The number of imidazole rings is 1. The lowest BCUT2D eigenvalue weighted by atomic mass is 10.2. The summed E-state index contributed by atoms with van der Waals surface area (Å²) in [5, 5.41) is 2.92. The molecular formula is C15H26N4O2. The van der Waals surface area contributed by atoms with Crippen molar-refractivity contribution in [2.75, 3.05) is 26.2 Å². The Bertz CT molecular complexity index is 450. The number of nitrogens with one attached hydrogen (secondary N) is 1. The predicted octanol–water partition coefficient (Wildman–Crippen LogP) is 1.04. The minimum atomic E-state index is -0.101. The second kappa shape index (κ2) is 7.56. The number of carbonyl (C=O) groups is 1. The first-order valence-electron chi connectivity index (χ1n) is 7.69. The van der Waals surface area contributed by atoms with Gasteiger partial charge in [0.1, 0.15) is 0 Å². The van der Waals surface area contributed by atoms with Gasteiger partial charge in [-0.25, -0.2) is 4.98 Å². The van der Waals surface area contributed by atoms with Gasteiger partial charge in [0.15, 0.2) is 5.82 Å². The second-order valence-electron chi connectivity index (χ2n) is 5.84. The van der Waals surface area contributed by atoms with E-state index in [2.05, 4.69) is 29.0 Å². The van der Waals surface area contributed by atoms with Gasteiger partial charge in [-0.2, -0.15) is 0 Å². The number of ether oxygens (including phenoxy) is 1. The van der Waals surface area contributed by atoms with E-state index in [-0.39, 0.29) is 5.91 Å². The molecule has 1 fully saturated rings. The van der Waals surface area contributed by atoms with Crippen LogP contribution in [-0.2, 0) is 11.8 Å². The van der Waals surface area contributed by atoms with E-state index in [1.807, 2.05) is 7.05 Å². The van der Waals surface area contributed by atoms with Crippen molar-refractivity contribution < 1.29 is 9.53 Å². The molecule has 2 heterocycles. The molecule has 1 amide bonds. The van der Waals surface area contributed by atoms with Crippen LogP contribution < -0.4 is 5.32 Å². The molecule has 0 aromatic carbocycles. The topological polar surface area (TPSA) is 59.4 Å². The van der Waals surface area contributed by atoms with E-state index in [0.29, 0.717) is 24.6 Å². The van der Waals surface area contributed by atoms with Gasteiger partial charge < -0.3 is 14.6 Å². The van der Waals surface area contributed by atoms with Gasteiger partial charge in [-0.15, -0.1) is 0 Å². The zero-order valence-electron chi connectivity index (χ0n) is 13.2. The maximum Gasteiger partial charge on any atom is 0.287 e. The molecule has 0 spiro atoms. The fraction of sp³-hybridized carbons (Fsp3) is 0.733. The summed E-state index contributed by atoms with van der Waals surface area (Å²) in [5.74, 6) is 0.363. The lowest BCUT2D eigenvalue weighted by Gasteiger charge is -2.35. The first-order chi connectivity index (χ1) is 10.1. The van der Waals surface area contributed by atoms with Crippen molar-refractivity contribution in [2.24, 2.45) is 7.05 Å². The molecule has 2 atom stereocenters. The van der Waals surface area contributed by atoms with E-state index in [9.17, 15) is 4.79 Å². The average Bonchev–Trinajstić information content (AvgIpc) is 2.83. The minimum Gasteiger partial charge on any atom is -0.373 e. The number of aromatic nitrogens is 2. The van der Waals surface area contributed by atoms with Crippen molar-refractivity contribution in [1.29, 1.82) is 0 Å². The van der Waals surface area contributed by atoms with Crippen LogP contribution in [0.2, 0.25) is 0 Å². The third kappa shape index (κ3) is 4.82. The Labute approximate surface area is 126 Å². The van der Waals surface area contributed by atoms with E-state index in [4.69, 9.17) is 4.74 Å². The molecule has 1 aromatic rings. The zero-order chi connectivity index (χ0) is 15.2. The summed E-state index contributed by atoms with van der Waals surface area (Å²) >= 11 is 0. The Morgan fingerprint density at radius 2 is 2.10 bits per heavy atom. The van der Waals surface area contributed by atoms with Crippen LogP contribution in [0.25, 0.3) is 0 Å². The van der Waals surface area contributed by atoms with E-state index in [0.717, 1.165) is 32.5 Å². The van der Waals surface area contributed by atoms with E-state index >= 15 is 0 Å². The third-order valence-corrected chi connectivity index (χ3v) is 3.71. The predicted molar refractivity (Wildman–Crippen MR) is 81.2 cm³/mol. The molecule has 0 radical (unpaired) electrons. The fourth-order valence-corrected chi connectivity index (χ4v) is 2.79. The smallest absolute Gasteiger partial charge is 0.287 e. The standard InChI is InChI=1S/C15H26N4O2/c1-12-10-19(11-13(2)21-12)8-5-4-6-17-15(20)14-16-7-9-18(14)3/h7,9,12-13H,4-6,8,10-11H2,1-3H3,(H,17,20)/t12-,13-/m0/s1. The molecule has 1 aromatic heterocycles. The molecule has 118 valence electrons. The molecule has 0 aliphatic carbocycles. The monoisotopic (exact) mass is 294 g/mol. The van der Waals surface area contributed by atoms with Gasteiger partial charge in [-0.1, -0.05) is 0 Å². The van der Waals surface area contributed by atoms with Crippen molar-refractivity contribution in [3.8, 4) is 0 Å². The Kier molecular flexibility index (Phi) is 5.76. The summed E-state index contributed by atoms with van der Waals surface area (Å²) in [6, 6.07) is 0. The molecule has 1 aliphatic heterocycles. The molecule has 6 heteroatoms.